The first-order chi connectivity index (χ1) is 13.6. The highest BCUT2D eigenvalue weighted by Crippen LogP contribution is 2.19. The Hall–Kier alpha value is -2.89. The Morgan fingerprint density at radius 3 is 2.68 bits per heavy atom. The standard InChI is InChI=1S/C22H29N5O/c1-17-8-4-5-9-19(17)10-11-21(28)23-12-13-24-22-25-18(2)16-20(26-22)27-14-6-3-7-15-27/h4-5,8-11,16H,3,6-7,12-15H2,1-2H3,(H,23,28)(H,24,25,26)/b11-10+. The van der Waals surface area contributed by atoms with Gasteiger partial charge in [0, 0.05) is 44.0 Å². The van der Waals surface area contributed by atoms with E-state index in [-0.39, 0.29) is 5.91 Å². The molecule has 0 aliphatic carbocycles. The van der Waals surface area contributed by atoms with E-state index in [1.54, 1.807) is 6.08 Å². The van der Waals surface area contributed by atoms with Crippen LogP contribution in [-0.2, 0) is 4.79 Å². The van der Waals surface area contributed by atoms with Crippen LogP contribution in [0.25, 0.3) is 6.08 Å². The second kappa shape index (κ2) is 9.88. The zero-order valence-corrected chi connectivity index (χ0v) is 16.7. The zero-order chi connectivity index (χ0) is 19.8. The first kappa shape index (κ1) is 19.9. The molecule has 6 nitrogen and oxygen atoms in total. The summed E-state index contributed by atoms with van der Waals surface area (Å²) in [7, 11) is 0. The zero-order valence-electron chi connectivity index (χ0n) is 16.7. The molecule has 1 aromatic heterocycles. The van der Waals surface area contributed by atoms with Gasteiger partial charge in [0.1, 0.15) is 5.82 Å². The summed E-state index contributed by atoms with van der Waals surface area (Å²) >= 11 is 0. The second-order valence-corrected chi connectivity index (χ2v) is 7.15. The summed E-state index contributed by atoms with van der Waals surface area (Å²) in [6.45, 7) is 7.21. The van der Waals surface area contributed by atoms with Crippen LogP contribution in [0.4, 0.5) is 11.8 Å². The van der Waals surface area contributed by atoms with E-state index in [4.69, 9.17) is 0 Å². The van der Waals surface area contributed by atoms with Gasteiger partial charge >= 0.3 is 0 Å². The van der Waals surface area contributed by atoms with Gasteiger partial charge in [-0.25, -0.2) is 4.98 Å². The lowest BCUT2D eigenvalue weighted by Crippen LogP contribution is -2.31. The molecule has 2 N–H and O–H groups in total. The van der Waals surface area contributed by atoms with Crippen LogP contribution in [0.5, 0.6) is 0 Å². The Bertz CT molecular complexity index is 827. The van der Waals surface area contributed by atoms with E-state index < -0.39 is 0 Å². The lowest BCUT2D eigenvalue weighted by Gasteiger charge is -2.28. The fraction of sp³-hybridized carbons (Fsp3) is 0.409. The fourth-order valence-electron chi connectivity index (χ4n) is 3.27. The number of piperidine rings is 1. The molecule has 1 amide bonds. The molecule has 1 saturated heterocycles. The minimum Gasteiger partial charge on any atom is -0.356 e. The van der Waals surface area contributed by atoms with E-state index in [1.807, 2.05) is 50.3 Å². The third-order valence-electron chi connectivity index (χ3n) is 4.83. The van der Waals surface area contributed by atoms with E-state index in [0.29, 0.717) is 19.0 Å². The van der Waals surface area contributed by atoms with Crippen molar-refractivity contribution < 1.29 is 4.79 Å². The van der Waals surface area contributed by atoms with Gasteiger partial charge in [-0.1, -0.05) is 24.3 Å². The third-order valence-corrected chi connectivity index (χ3v) is 4.83. The average molecular weight is 380 g/mol. The second-order valence-electron chi connectivity index (χ2n) is 7.15. The van der Waals surface area contributed by atoms with E-state index in [0.717, 1.165) is 35.7 Å². The molecule has 148 valence electrons. The molecular weight excluding hydrogens is 350 g/mol. The molecule has 0 atom stereocenters. The number of benzene rings is 1. The Kier molecular flexibility index (Phi) is 7.00. The summed E-state index contributed by atoms with van der Waals surface area (Å²) in [5.74, 6) is 1.49. The number of rotatable bonds is 7. The Labute approximate surface area is 167 Å². The molecule has 3 rings (SSSR count). The number of aromatic nitrogens is 2. The molecule has 1 aliphatic heterocycles. The van der Waals surface area contributed by atoms with Crippen LogP contribution in [0.15, 0.2) is 36.4 Å². The van der Waals surface area contributed by atoms with Crippen LogP contribution in [0.2, 0.25) is 0 Å². The van der Waals surface area contributed by atoms with E-state index in [2.05, 4.69) is 25.5 Å². The predicted octanol–water partition coefficient (Wildman–Crippen LogP) is 3.33. The van der Waals surface area contributed by atoms with Crippen LogP contribution in [0, 0.1) is 13.8 Å². The van der Waals surface area contributed by atoms with Gasteiger partial charge in [0.05, 0.1) is 0 Å². The Balaban J connectivity index is 1.46. The van der Waals surface area contributed by atoms with Crippen molar-refractivity contribution in [3.63, 3.8) is 0 Å². The van der Waals surface area contributed by atoms with Crippen LogP contribution in [0.3, 0.4) is 0 Å². The molecule has 0 spiro atoms. The molecule has 0 saturated carbocycles. The summed E-state index contributed by atoms with van der Waals surface area (Å²) in [5, 5.41) is 6.10. The molecule has 1 aromatic carbocycles. The summed E-state index contributed by atoms with van der Waals surface area (Å²) in [6.07, 6.45) is 7.14. The lowest BCUT2D eigenvalue weighted by atomic mass is 10.1. The van der Waals surface area contributed by atoms with Gasteiger partial charge in [-0.2, -0.15) is 4.98 Å². The van der Waals surface area contributed by atoms with Crippen molar-refractivity contribution in [1.29, 1.82) is 0 Å². The van der Waals surface area contributed by atoms with Gasteiger partial charge in [0.25, 0.3) is 0 Å². The molecule has 1 aliphatic rings. The third kappa shape index (κ3) is 5.81. The molecule has 0 radical (unpaired) electrons. The van der Waals surface area contributed by atoms with E-state index >= 15 is 0 Å². The van der Waals surface area contributed by atoms with E-state index in [1.165, 1.54) is 19.3 Å². The van der Waals surface area contributed by atoms with Crippen LogP contribution >= 0.6 is 0 Å². The first-order valence-corrected chi connectivity index (χ1v) is 9.98. The molecular formula is C22H29N5O. The molecule has 6 heteroatoms. The Morgan fingerprint density at radius 2 is 1.89 bits per heavy atom. The van der Waals surface area contributed by atoms with Crippen molar-refractivity contribution in [1.82, 2.24) is 15.3 Å². The van der Waals surface area contributed by atoms with Crippen LogP contribution < -0.4 is 15.5 Å². The number of aryl methyl sites for hydroxylation is 2. The largest absolute Gasteiger partial charge is 0.356 e. The highest BCUT2D eigenvalue weighted by atomic mass is 16.1. The molecule has 0 bridgehead atoms. The van der Waals surface area contributed by atoms with Crippen molar-refractivity contribution in [2.75, 3.05) is 36.4 Å². The quantitative estimate of drug-likeness (QED) is 0.570. The summed E-state index contributed by atoms with van der Waals surface area (Å²) < 4.78 is 0. The Morgan fingerprint density at radius 1 is 1.11 bits per heavy atom. The highest BCUT2D eigenvalue weighted by Gasteiger charge is 2.13. The van der Waals surface area contributed by atoms with Gasteiger partial charge in [0.15, 0.2) is 0 Å². The first-order valence-electron chi connectivity index (χ1n) is 9.98. The van der Waals surface area contributed by atoms with Gasteiger partial charge in [-0.15, -0.1) is 0 Å². The summed E-state index contributed by atoms with van der Waals surface area (Å²) in [4.78, 5) is 23.4. The topological polar surface area (TPSA) is 70.2 Å². The molecule has 28 heavy (non-hydrogen) atoms. The van der Waals surface area contributed by atoms with Crippen LogP contribution in [0.1, 0.15) is 36.1 Å². The minimum absolute atomic E-state index is 0.107. The van der Waals surface area contributed by atoms with Crippen molar-refractivity contribution in [3.05, 3.63) is 53.2 Å². The number of nitrogens with zero attached hydrogens (tertiary/aromatic N) is 3. The van der Waals surface area contributed by atoms with Gasteiger partial charge in [-0.05, 0) is 50.3 Å². The monoisotopic (exact) mass is 379 g/mol. The maximum Gasteiger partial charge on any atom is 0.244 e. The SMILES string of the molecule is Cc1cc(N2CCCCC2)nc(NCCNC(=O)/C=C/c2ccccc2C)n1. The number of amides is 1. The predicted molar refractivity (Wildman–Crippen MR) is 115 cm³/mol. The molecule has 2 aromatic rings. The molecule has 1 fully saturated rings. The number of hydrogen-bond donors (Lipinski definition) is 2. The fourth-order valence-corrected chi connectivity index (χ4v) is 3.27. The van der Waals surface area contributed by atoms with Crippen molar-refractivity contribution in [2.24, 2.45) is 0 Å². The minimum atomic E-state index is -0.107. The number of carbonyl (C=O) groups is 1. The maximum absolute atomic E-state index is 12.0. The number of anilines is 2. The van der Waals surface area contributed by atoms with Gasteiger partial charge < -0.3 is 15.5 Å². The smallest absolute Gasteiger partial charge is 0.244 e. The van der Waals surface area contributed by atoms with Gasteiger partial charge in [-0.3, -0.25) is 4.79 Å². The van der Waals surface area contributed by atoms with Crippen molar-refractivity contribution >= 4 is 23.7 Å². The van der Waals surface area contributed by atoms with Crippen molar-refractivity contribution in [3.8, 4) is 0 Å². The summed E-state index contributed by atoms with van der Waals surface area (Å²) in [6, 6.07) is 10.0. The lowest BCUT2D eigenvalue weighted by molar-refractivity contribution is -0.116. The maximum atomic E-state index is 12.0. The molecule has 2 heterocycles. The van der Waals surface area contributed by atoms with Crippen LogP contribution in [-0.4, -0.2) is 42.1 Å². The van der Waals surface area contributed by atoms with E-state index in [9.17, 15) is 4.79 Å². The summed E-state index contributed by atoms with van der Waals surface area (Å²) in [5.41, 5.74) is 3.15. The highest BCUT2D eigenvalue weighted by molar-refractivity contribution is 5.91. The number of nitrogens with one attached hydrogen (secondary N) is 2. The number of hydrogen-bond acceptors (Lipinski definition) is 5. The van der Waals surface area contributed by atoms with Gasteiger partial charge in [0.2, 0.25) is 11.9 Å². The number of carbonyl (C=O) groups excluding carboxylic acids is 1. The average Bonchev–Trinajstić information content (AvgIpc) is 2.71. The van der Waals surface area contributed by atoms with Crippen molar-refractivity contribution in [2.45, 2.75) is 33.1 Å². The normalized spacial score (nSPS) is 14.3. The molecule has 0 unspecified atom stereocenters.